The Hall–Kier alpha value is -2.24. The molecule has 3 heterocycles. The Labute approximate surface area is 141 Å². The molecule has 0 fully saturated rings. The van der Waals surface area contributed by atoms with E-state index in [0.717, 1.165) is 22.4 Å². The summed E-state index contributed by atoms with van der Waals surface area (Å²) in [6.45, 7) is 0. The number of aromatic nitrogens is 2. The lowest BCUT2D eigenvalue weighted by atomic mass is 9.92. The number of hydrogen-bond acceptors (Lipinski definition) is 5. The fraction of sp³-hybridized carbons (Fsp3) is 0.111. The van der Waals surface area contributed by atoms with Crippen LogP contribution < -0.4 is 0 Å². The number of fused-ring (bicyclic) bond motifs is 1. The summed E-state index contributed by atoms with van der Waals surface area (Å²) >= 11 is 3.36. The molecule has 4 rings (SSSR count). The molecule has 3 aromatic heterocycles. The highest BCUT2D eigenvalue weighted by Gasteiger charge is 2.22. The van der Waals surface area contributed by atoms with Crippen molar-refractivity contribution in [1.82, 2.24) is 9.97 Å². The molecule has 3 nitrogen and oxygen atoms in total. The molecule has 0 radical (unpaired) electrons. The van der Waals surface area contributed by atoms with Gasteiger partial charge in [-0.15, -0.1) is 22.7 Å². The van der Waals surface area contributed by atoms with E-state index in [-0.39, 0.29) is 11.7 Å². The standard InChI is InChI=1S/C18H14N2OS2/c21-18-13(6-5-12-3-1-7-20-17(12)18)14(15-4-2-9-22-15)11-16-19-8-10-23-16/h1-10,14,21H,11H2. The minimum atomic E-state index is 0.0903. The van der Waals surface area contributed by atoms with Crippen LogP contribution in [0.3, 0.4) is 0 Å². The quantitative estimate of drug-likeness (QED) is 0.579. The molecule has 0 aliphatic carbocycles. The van der Waals surface area contributed by atoms with Gasteiger partial charge in [-0.25, -0.2) is 4.98 Å². The first-order valence-corrected chi connectivity index (χ1v) is 9.07. The third-order valence-electron chi connectivity index (χ3n) is 3.90. The molecule has 0 saturated carbocycles. The molecule has 5 heteroatoms. The number of benzene rings is 1. The second-order valence-electron chi connectivity index (χ2n) is 5.28. The predicted molar refractivity (Wildman–Crippen MR) is 95.4 cm³/mol. The van der Waals surface area contributed by atoms with E-state index in [0.29, 0.717) is 5.52 Å². The molecule has 0 aliphatic heterocycles. The Morgan fingerprint density at radius 1 is 0.957 bits per heavy atom. The number of hydrogen-bond donors (Lipinski definition) is 1. The Morgan fingerprint density at radius 3 is 2.70 bits per heavy atom. The number of phenols is 1. The number of pyridine rings is 1. The smallest absolute Gasteiger partial charge is 0.145 e. The fourth-order valence-corrected chi connectivity index (χ4v) is 4.32. The number of aromatic hydroxyl groups is 1. The van der Waals surface area contributed by atoms with Crippen LogP contribution in [0.15, 0.2) is 59.6 Å². The highest BCUT2D eigenvalue weighted by Crippen LogP contribution is 2.39. The first kappa shape index (κ1) is 14.4. The number of nitrogens with zero attached hydrogens (tertiary/aromatic N) is 2. The molecule has 0 spiro atoms. The molecule has 0 bridgehead atoms. The molecule has 1 N–H and O–H groups in total. The molecule has 4 aromatic rings. The molecule has 1 atom stereocenters. The zero-order valence-electron chi connectivity index (χ0n) is 12.2. The first-order valence-electron chi connectivity index (χ1n) is 7.31. The van der Waals surface area contributed by atoms with E-state index >= 15 is 0 Å². The van der Waals surface area contributed by atoms with Gasteiger partial charge in [0.25, 0.3) is 0 Å². The largest absolute Gasteiger partial charge is 0.505 e. The van der Waals surface area contributed by atoms with E-state index in [9.17, 15) is 5.11 Å². The zero-order chi connectivity index (χ0) is 15.6. The van der Waals surface area contributed by atoms with Gasteiger partial charge in [0.1, 0.15) is 11.3 Å². The second kappa shape index (κ2) is 6.10. The van der Waals surface area contributed by atoms with Crippen molar-refractivity contribution in [3.63, 3.8) is 0 Å². The zero-order valence-corrected chi connectivity index (χ0v) is 13.8. The lowest BCUT2D eigenvalue weighted by molar-refractivity contribution is 0.470. The highest BCUT2D eigenvalue weighted by molar-refractivity contribution is 7.10. The van der Waals surface area contributed by atoms with Crippen LogP contribution in [0.2, 0.25) is 0 Å². The number of phenolic OH excluding ortho intramolecular Hbond substituents is 1. The van der Waals surface area contributed by atoms with Gasteiger partial charge in [0, 0.05) is 45.9 Å². The Bertz CT molecular complexity index is 918. The summed E-state index contributed by atoms with van der Waals surface area (Å²) in [7, 11) is 0. The van der Waals surface area contributed by atoms with Crippen LogP contribution in [0.25, 0.3) is 10.9 Å². The summed E-state index contributed by atoms with van der Waals surface area (Å²) in [5.41, 5.74) is 1.57. The van der Waals surface area contributed by atoms with Gasteiger partial charge in [-0.3, -0.25) is 4.98 Å². The molecule has 23 heavy (non-hydrogen) atoms. The lowest BCUT2D eigenvalue weighted by Gasteiger charge is -2.17. The summed E-state index contributed by atoms with van der Waals surface area (Å²) in [5, 5.41) is 16.9. The summed E-state index contributed by atoms with van der Waals surface area (Å²) < 4.78 is 0. The average molecular weight is 338 g/mol. The molecular formula is C18H14N2OS2. The lowest BCUT2D eigenvalue weighted by Crippen LogP contribution is -2.04. The van der Waals surface area contributed by atoms with Crippen molar-refractivity contribution in [3.05, 3.63) is 75.0 Å². The molecule has 0 saturated heterocycles. The topological polar surface area (TPSA) is 46.0 Å². The summed E-state index contributed by atoms with van der Waals surface area (Å²) in [5.74, 6) is 0.366. The maximum Gasteiger partial charge on any atom is 0.145 e. The van der Waals surface area contributed by atoms with E-state index in [1.54, 1.807) is 28.9 Å². The van der Waals surface area contributed by atoms with Crippen LogP contribution in [0.1, 0.15) is 21.4 Å². The third kappa shape index (κ3) is 2.73. The Morgan fingerprint density at radius 2 is 1.91 bits per heavy atom. The number of thiazole rings is 1. The van der Waals surface area contributed by atoms with Crippen LogP contribution >= 0.6 is 22.7 Å². The van der Waals surface area contributed by atoms with Gasteiger partial charge < -0.3 is 5.11 Å². The van der Waals surface area contributed by atoms with Gasteiger partial charge in [-0.2, -0.15) is 0 Å². The van der Waals surface area contributed by atoms with Crippen LogP contribution in [0.4, 0.5) is 0 Å². The van der Waals surface area contributed by atoms with E-state index in [2.05, 4.69) is 21.4 Å². The molecular weight excluding hydrogens is 324 g/mol. The highest BCUT2D eigenvalue weighted by atomic mass is 32.1. The van der Waals surface area contributed by atoms with E-state index in [1.807, 2.05) is 41.9 Å². The van der Waals surface area contributed by atoms with E-state index in [1.165, 1.54) is 4.88 Å². The average Bonchev–Trinajstić information content (AvgIpc) is 3.27. The van der Waals surface area contributed by atoms with Crippen LogP contribution in [0.5, 0.6) is 5.75 Å². The fourth-order valence-electron chi connectivity index (χ4n) is 2.81. The normalized spacial score (nSPS) is 12.5. The summed E-state index contributed by atoms with van der Waals surface area (Å²) in [4.78, 5) is 9.98. The minimum Gasteiger partial charge on any atom is -0.505 e. The molecule has 114 valence electrons. The van der Waals surface area contributed by atoms with Gasteiger partial charge in [-0.05, 0) is 17.5 Å². The van der Waals surface area contributed by atoms with Crippen molar-refractivity contribution in [2.45, 2.75) is 12.3 Å². The molecule has 1 aromatic carbocycles. The van der Waals surface area contributed by atoms with Crippen molar-refractivity contribution >= 4 is 33.6 Å². The Balaban J connectivity index is 1.84. The van der Waals surface area contributed by atoms with Gasteiger partial charge in [0.05, 0.1) is 5.01 Å². The monoisotopic (exact) mass is 338 g/mol. The van der Waals surface area contributed by atoms with Crippen molar-refractivity contribution in [1.29, 1.82) is 0 Å². The Kier molecular flexibility index (Phi) is 3.81. The van der Waals surface area contributed by atoms with Gasteiger partial charge in [0.2, 0.25) is 0 Å². The third-order valence-corrected chi connectivity index (χ3v) is 5.69. The van der Waals surface area contributed by atoms with Crippen LogP contribution in [-0.4, -0.2) is 15.1 Å². The molecule has 0 aliphatic rings. The summed E-state index contributed by atoms with van der Waals surface area (Å²) in [6, 6.07) is 12.0. The SMILES string of the molecule is Oc1c(C(Cc2nccs2)c2cccs2)ccc2cccnc12. The molecule has 0 amide bonds. The molecule has 1 unspecified atom stereocenters. The van der Waals surface area contributed by atoms with Crippen molar-refractivity contribution in [2.24, 2.45) is 0 Å². The van der Waals surface area contributed by atoms with Crippen molar-refractivity contribution in [2.75, 3.05) is 0 Å². The maximum absolute atomic E-state index is 10.8. The van der Waals surface area contributed by atoms with Crippen LogP contribution in [-0.2, 0) is 6.42 Å². The summed E-state index contributed by atoms with van der Waals surface area (Å²) in [6.07, 6.45) is 4.32. The minimum absolute atomic E-state index is 0.0903. The second-order valence-corrected chi connectivity index (χ2v) is 7.23. The van der Waals surface area contributed by atoms with E-state index in [4.69, 9.17) is 0 Å². The predicted octanol–water partition coefficient (Wildman–Crippen LogP) is 4.83. The van der Waals surface area contributed by atoms with Crippen molar-refractivity contribution < 1.29 is 5.11 Å². The number of thiophene rings is 1. The first-order chi connectivity index (χ1) is 11.3. The number of rotatable bonds is 4. The van der Waals surface area contributed by atoms with Gasteiger partial charge >= 0.3 is 0 Å². The maximum atomic E-state index is 10.8. The van der Waals surface area contributed by atoms with Gasteiger partial charge in [-0.1, -0.05) is 24.3 Å². The van der Waals surface area contributed by atoms with Crippen LogP contribution in [0, 0.1) is 0 Å². The van der Waals surface area contributed by atoms with E-state index < -0.39 is 0 Å². The van der Waals surface area contributed by atoms with Gasteiger partial charge in [0.15, 0.2) is 0 Å². The van der Waals surface area contributed by atoms with Crippen molar-refractivity contribution in [3.8, 4) is 5.75 Å².